The molecule has 1 aliphatic heterocycles. The average molecular weight is 405 g/mol. The Balaban J connectivity index is 1.65. The molecule has 0 radical (unpaired) electrons. The van der Waals surface area contributed by atoms with E-state index in [4.69, 9.17) is 0 Å². The Labute approximate surface area is 154 Å². The third kappa shape index (κ3) is 3.72. The first-order valence-electron chi connectivity index (χ1n) is 8.00. The summed E-state index contributed by atoms with van der Waals surface area (Å²) in [5.41, 5.74) is -4.57. The van der Waals surface area contributed by atoms with Crippen LogP contribution in [0.5, 0.6) is 0 Å². The Morgan fingerprint density at radius 3 is 2.23 bits per heavy atom. The van der Waals surface area contributed by atoms with Crippen molar-refractivity contribution in [2.45, 2.75) is 23.4 Å². The summed E-state index contributed by atoms with van der Waals surface area (Å²) >= 11 is 1.61. The summed E-state index contributed by atoms with van der Waals surface area (Å²) in [6, 6.07) is 5.11. The highest BCUT2D eigenvalue weighted by molar-refractivity contribution is 7.92. The lowest BCUT2D eigenvalue weighted by molar-refractivity contribution is -0.0436. The summed E-state index contributed by atoms with van der Waals surface area (Å²) in [6.45, 7) is 5.11. The largest absolute Gasteiger partial charge is 0.501 e. The number of alkyl halides is 3. The second-order valence-corrected chi connectivity index (χ2v) is 8.88. The van der Waals surface area contributed by atoms with Crippen LogP contribution in [-0.4, -0.2) is 50.0 Å². The van der Waals surface area contributed by atoms with Gasteiger partial charge in [-0.3, -0.25) is 4.90 Å². The van der Waals surface area contributed by atoms with E-state index < -0.39 is 20.2 Å². The Hall–Kier alpha value is -1.65. The van der Waals surface area contributed by atoms with Gasteiger partial charge in [0.1, 0.15) is 5.01 Å². The Morgan fingerprint density at radius 2 is 1.73 bits per heavy atom. The van der Waals surface area contributed by atoms with Crippen LogP contribution in [0.25, 0.3) is 0 Å². The van der Waals surface area contributed by atoms with Gasteiger partial charge in [-0.05, 0) is 31.2 Å². The molecule has 142 valence electrons. The molecule has 10 heteroatoms. The predicted molar refractivity (Wildman–Crippen MR) is 94.0 cm³/mol. The number of benzene rings is 1. The summed E-state index contributed by atoms with van der Waals surface area (Å²) < 4.78 is 60.6. The minimum absolute atomic E-state index is 0.219. The number of rotatable bonds is 4. The van der Waals surface area contributed by atoms with Gasteiger partial charge in [0.15, 0.2) is 0 Å². The quantitative estimate of drug-likeness (QED) is 0.781. The highest BCUT2D eigenvalue weighted by Crippen LogP contribution is 2.31. The number of halogens is 3. The van der Waals surface area contributed by atoms with Crippen LogP contribution in [0.2, 0.25) is 0 Å². The van der Waals surface area contributed by atoms with Crippen molar-refractivity contribution in [2.24, 2.45) is 0 Å². The van der Waals surface area contributed by atoms with Gasteiger partial charge in [-0.1, -0.05) is 0 Å². The number of thiazole rings is 1. The molecule has 2 heterocycles. The Bertz CT molecular complexity index is 829. The van der Waals surface area contributed by atoms with E-state index in [1.165, 1.54) is 12.1 Å². The highest BCUT2D eigenvalue weighted by atomic mass is 32.2. The summed E-state index contributed by atoms with van der Waals surface area (Å²) in [7, 11) is -5.30. The molecule has 2 aromatic rings. The number of aromatic nitrogens is 1. The second kappa shape index (κ2) is 7.16. The fourth-order valence-electron chi connectivity index (χ4n) is 2.93. The van der Waals surface area contributed by atoms with Crippen LogP contribution in [0, 0.1) is 0 Å². The molecule has 3 rings (SSSR count). The highest BCUT2D eigenvalue weighted by Gasteiger charge is 2.46. The summed E-state index contributed by atoms with van der Waals surface area (Å²) in [5.74, 6) is 0. The van der Waals surface area contributed by atoms with Crippen LogP contribution < -0.4 is 4.90 Å². The van der Waals surface area contributed by atoms with Crippen molar-refractivity contribution in [1.82, 2.24) is 9.88 Å². The topological polar surface area (TPSA) is 53.5 Å². The van der Waals surface area contributed by atoms with Gasteiger partial charge in [0.25, 0.3) is 9.84 Å². The number of piperazine rings is 1. The van der Waals surface area contributed by atoms with E-state index in [2.05, 4.69) is 16.8 Å². The van der Waals surface area contributed by atoms with Crippen LogP contribution in [0.3, 0.4) is 0 Å². The van der Waals surface area contributed by atoms with Crippen LogP contribution in [0.1, 0.15) is 18.0 Å². The molecule has 1 aromatic heterocycles. The number of nitrogens with zero attached hydrogens (tertiary/aromatic N) is 3. The third-order valence-corrected chi connectivity index (χ3v) is 6.94. The van der Waals surface area contributed by atoms with Crippen molar-refractivity contribution >= 4 is 26.9 Å². The zero-order valence-corrected chi connectivity index (χ0v) is 15.6. The number of anilines is 1. The predicted octanol–water partition coefficient (Wildman–Crippen LogP) is 3.32. The molecule has 5 nitrogen and oxygen atoms in total. The monoisotopic (exact) mass is 405 g/mol. The first-order chi connectivity index (χ1) is 12.2. The number of hydrogen-bond donors (Lipinski definition) is 0. The molecule has 1 fully saturated rings. The van der Waals surface area contributed by atoms with Gasteiger partial charge < -0.3 is 4.90 Å². The van der Waals surface area contributed by atoms with Crippen molar-refractivity contribution < 1.29 is 21.6 Å². The molecular weight excluding hydrogens is 387 g/mol. The van der Waals surface area contributed by atoms with Crippen molar-refractivity contribution in [3.63, 3.8) is 0 Å². The van der Waals surface area contributed by atoms with Crippen molar-refractivity contribution in [3.8, 4) is 0 Å². The maximum Gasteiger partial charge on any atom is 0.501 e. The summed E-state index contributed by atoms with van der Waals surface area (Å²) in [5, 5.41) is 3.00. The SMILES string of the molecule is CC(c1nccs1)N1CCN(c2ccc(S(=O)(=O)C(F)(F)F)cc2)CC1. The summed E-state index contributed by atoms with van der Waals surface area (Å²) in [4.78, 5) is 7.94. The maximum absolute atomic E-state index is 12.6. The van der Waals surface area contributed by atoms with E-state index in [1.807, 2.05) is 10.3 Å². The fraction of sp³-hybridized carbons (Fsp3) is 0.438. The molecule has 1 aliphatic rings. The lowest BCUT2D eigenvalue weighted by Crippen LogP contribution is -2.47. The van der Waals surface area contributed by atoms with E-state index in [9.17, 15) is 21.6 Å². The zero-order valence-electron chi connectivity index (χ0n) is 14.0. The molecule has 0 spiro atoms. The minimum Gasteiger partial charge on any atom is -0.369 e. The van der Waals surface area contributed by atoms with Gasteiger partial charge in [-0.25, -0.2) is 13.4 Å². The van der Waals surface area contributed by atoms with Crippen LogP contribution in [0.15, 0.2) is 40.7 Å². The van der Waals surface area contributed by atoms with Crippen molar-refractivity contribution in [1.29, 1.82) is 0 Å². The maximum atomic E-state index is 12.6. The molecule has 1 saturated heterocycles. The van der Waals surface area contributed by atoms with Crippen LogP contribution in [0.4, 0.5) is 18.9 Å². The Morgan fingerprint density at radius 1 is 1.12 bits per heavy atom. The van der Waals surface area contributed by atoms with Crippen molar-refractivity contribution in [2.75, 3.05) is 31.1 Å². The first-order valence-corrected chi connectivity index (χ1v) is 10.4. The second-order valence-electron chi connectivity index (χ2n) is 6.01. The first kappa shape index (κ1) is 19.1. The van der Waals surface area contributed by atoms with E-state index >= 15 is 0 Å². The van der Waals surface area contributed by atoms with Gasteiger partial charge in [0.2, 0.25) is 0 Å². The van der Waals surface area contributed by atoms with Crippen LogP contribution >= 0.6 is 11.3 Å². The summed E-state index contributed by atoms with van der Waals surface area (Å²) in [6.07, 6.45) is 1.78. The van der Waals surface area contributed by atoms with E-state index in [1.54, 1.807) is 17.5 Å². The molecule has 0 bridgehead atoms. The van der Waals surface area contributed by atoms with Gasteiger partial charge in [-0.15, -0.1) is 11.3 Å². The molecule has 0 N–H and O–H groups in total. The lowest BCUT2D eigenvalue weighted by atomic mass is 10.2. The normalized spacial score (nSPS) is 18.1. The molecule has 0 saturated carbocycles. The molecule has 1 atom stereocenters. The number of sulfone groups is 1. The molecular formula is C16H18F3N3O2S2. The molecule has 1 aromatic carbocycles. The van der Waals surface area contributed by atoms with Gasteiger partial charge in [0, 0.05) is 43.4 Å². The smallest absolute Gasteiger partial charge is 0.369 e. The van der Waals surface area contributed by atoms with E-state index in [0.717, 1.165) is 30.2 Å². The average Bonchev–Trinajstić information content (AvgIpc) is 3.15. The van der Waals surface area contributed by atoms with Gasteiger partial charge in [0.05, 0.1) is 10.9 Å². The molecule has 0 amide bonds. The van der Waals surface area contributed by atoms with E-state index in [-0.39, 0.29) is 6.04 Å². The van der Waals surface area contributed by atoms with Gasteiger partial charge in [-0.2, -0.15) is 13.2 Å². The van der Waals surface area contributed by atoms with Crippen molar-refractivity contribution in [3.05, 3.63) is 40.8 Å². The Kier molecular flexibility index (Phi) is 5.27. The molecule has 0 aliphatic carbocycles. The zero-order chi connectivity index (χ0) is 18.9. The van der Waals surface area contributed by atoms with Gasteiger partial charge >= 0.3 is 5.51 Å². The lowest BCUT2D eigenvalue weighted by Gasteiger charge is -2.38. The standard InChI is InChI=1S/C16H18F3N3O2S2/c1-12(15-20-6-11-25-15)21-7-9-22(10-8-21)13-2-4-14(5-3-13)26(23,24)16(17,18)19/h2-6,11-12H,7-10H2,1H3. The van der Waals surface area contributed by atoms with Crippen LogP contribution in [-0.2, 0) is 9.84 Å². The third-order valence-electron chi connectivity index (χ3n) is 4.49. The molecule has 1 unspecified atom stereocenters. The minimum atomic E-state index is -5.30. The number of hydrogen-bond acceptors (Lipinski definition) is 6. The fourth-order valence-corrected chi connectivity index (χ4v) is 4.42. The van der Waals surface area contributed by atoms with E-state index in [0.29, 0.717) is 18.8 Å². The molecule has 26 heavy (non-hydrogen) atoms.